The molecule has 0 aliphatic carbocycles. The van der Waals surface area contributed by atoms with E-state index in [0.29, 0.717) is 0 Å². The van der Waals surface area contributed by atoms with Crippen LogP contribution in [0, 0.1) is 3.95 Å². The molecular weight excluding hydrogens is 226 g/mol. The molecule has 0 fully saturated rings. The van der Waals surface area contributed by atoms with Crippen LogP contribution < -0.4 is 0 Å². The zero-order chi connectivity index (χ0) is 10.3. The molecule has 0 spiro atoms. The van der Waals surface area contributed by atoms with Crippen molar-refractivity contribution < 1.29 is 0 Å². The summed E-state index contributed by atoms with van der Waals surface area (Å²) >= 11 is 6.51. The summed E-state index contributed by atoms with van der Waals surface area (Å²) in [5.74, 6) is 0. The topological polar surface area (TPSA) is 33.1 Å². The molecule has 2 aromatic heterocycles. The van der Waals surface area contributed by atoms with E-state index in [-0.39, 0.29) is 0 Å². The van der Waals surface area contributed by atoms with Crippen molar-refractivity contribution in [3.63, 3.8) is 0 Å². The summed E-state index contributed by atoms with van der Waals surface area (Å²) in [6.45, 7) is 0. The lowest BCUT2D eigenvalue weighted by Crippen LogP contribution is -1.78. The highest BCUT2D eigenvalue weighted by molar-refractivity contribution is 7.73. The number of hydrogen-bond acceptors (Lipinski definition) is 3. The molecule has 0 radical (unpaired) electrons. The lowest BCUT2D eigenvalue weighted by molar-refractivity contribution is 0.965. The minimum atomic E-state index is 0.747. The molecule has 0 saturated carbocycles. The minimum Gasteiger partial charge on any atom is -0.273 e. The first-order valence-corrected chi connectivity index (χ1v) is 5.69. The van der Waals surface area contributed by atoms with Gasteiger partial charge in [-0.25, -0.2) is 9.50 Å². The number of rotatable bonds is 1. The van der Waals surface area contributed by atoms with Crippen LogP contribution in [0.2, 0.25) is 0 Å². The average molecular weight is 233 g/mol. The molecular formula is C10H7N3S2. The Morgan fingerprint density at radius 2 is 2.07 bits per heavy atom. The zero-order valence-electron chi connectivity index (χ0n) is 7.68. The number of aromatic amines is 1. The van der Waals surface area contributed by atoms with Gasteiger partial charge in [0, 0.05) is 5.56 Å². The van der Waals surface area contributed by atoms with Crippen molar-refractivity contribution in [2.75, 3.05) is 0 Å². The first kappa shape index (κ1) is 8.82. The summed E-state index contributed by atoms with van der Waals surface area (Å²) in [6.07, 6.45) is 1.96. The Kier molecular flexibility index (Phi) is 1.93. The van der Waals surface area contributed by atoms with Gasteiger partial charge in [-0.05, 0) is 12.2 Å². The maximum absolute atomic E-state index is 5.03. The number of aromatic nitrogens is 3. The van der Waals surface area contributed by atoms with Gasteiger partial charge in [0.15, 0.2) is 3.95 Å². The summed E-state index contributed by atoms with van der Waals surface area (Å²) in [7, 11) is 0. The van der Waals surface area contributed by atoms with E-state index < -0.39 is 0 Å². The zero-order valence-corrected chi connectivity index (χ0v) is 9.31. The first-order chi connectivity index (χ1) is 7.33. The second kappa shape index (κ2) is 3.29. The van der Waals surface area contributed by atoms with E-state index >= 15 is 0 Å². The van der Waals surface area contributed by atoms with Crippen LogP contribution in [0.1, 0.15) is 0 Å². The van der Waals surface area contributed by atoms with Crippen molar-refractivity contribution in [2.24, 2.45) is 0 Å². The third kappa shape index (κ3) is 1.49. The van der Waals surface area contributed by atoms with E-state index in [1.165, 1.54) is 11.3 Å². The lowest BCUT2D eigenvalue weighted by Gasteiger charge is -1.92. The number of benzene rings is 1. The summed E-state index contributed by atoms with van der Waals surface area (Å²) in [6, 6.07) is 10.1. The molecule has 0 aliphatic heterocycles. The predicted octanol–water partition coefficient (Wildman–Crippen LogP) is 3.12. The van der Waals surface area contributed by atoms with Crippen LogP contribution in [-0.2, 0) is 0 Å². The maximum atomic E-state index is 5.03. The van der Waals surface area contributed by atoms with Gasteiger partial charge >= 0.3 is 0 Å². The van der Waals surface area contributed by atoms with Crippen LogP contribution in [0.5, 0.6) is 0 Å². The Labute approximate surface area is 95.0 Å². The Hall–Kier alpha value is -1.46. The van der Waals surface area contributed by atoms with Crippen LogP contribution in [0.4, 0.5) is 0 Å². The van der Waals surface area contributed by atoms with Gasteiger partial charge in [-0.15, -0.1) is 0 Å². The molecule has 0 aliphatic rings. The smallest absolute Gasteiger partial charge is 0.211 e. The molecule has 0 saturated heterocycles. The van der Waals surface area contributed by atoms with Crippen molar-refractivity contribution in [3.05, 3.63) is 40.5 Å². The third-order valence-corrected chi connectivity index (χ3v) is 3.23. The fourth-order valence-corrected chi connectivity index (χ4v) is 2.44. The Morgan fingerprint density at radius 1 is 1.27 bits per heavy atom. The third-order valence-electron chi connectivity index (χ3n) is 2.14. The van der Waals surface area contributed by atoms with Crippen molar-refractivity contribution in [2.45, 2.75) is 0 Å². The first-order valence-electron chi connectivity index (χ1n) is 4.46. The SMILES string of the molecule is S=c1[nH]n2cc(-c3ccccc3)nc2s1. The highest BCUT2D eigenvalue weighted by Crippen LogP contribution is 2.20. The number of hydrogen-bond donors (Lipinski definition) is 1. The summed E-state index contributed by atoms with van der Waals surface area (Å²) < 4.78 is 2.60. The summed E-state index contributed by atoms with van der Waals surface area (Å²) in [5, 5.41) is 3.04. The fraction of sp³-hybridized carbons (Fsp3) is 0. The Morgan fingerprint density at radius 3 is 2.80 bits per heavy atom. The van der Waals surface area contributed by atoms with E-state index in [2.05, 4.69) is 10.1 Å². The van der Waals surface area contributed by atoms with E-state index in [4.69, 9.17) is 12.2 Å². The quantitative estimate of drug-likeness (QED) is 0.655. The number of imidazole rings is 1. The maximum Gasteiger partial charge on any atom is 0.211 e. The van der Waals surface area contributed by atoms with Crippen LogP contribution in [-0.4, -0.2) is 14.6 Å². The van der Waals surface area contributed by atoms with E-state index in [1.54, 1.807) is 0 Å². The van der Waals surface area contributed by atoms with Gasteiger partial charge in [-0.1, -0.05) is 41.7 Å². The molecule has 3 aromatic rings. The lowest BCUT2D eigenvalue weighted by atomic mass is 10.2. The van der Waals surface area contributed by atoms with Gasteiger partial charge in [0.25, 0.3) is 0 Å². The van der Waals surface area contributed by atoms with E-state index in [0.717, 1.165) is 20.2 Å². The van der Waals surface area contributed by atoms with Gasteiger partial charge in [0.05, 0.1) is 11.9 Å². The van der Waals surface area contributed by atoms with Crippen molar-refractivity contribution in [3.8, 4) is 11.3 Å². The number of nitrogens with zero attached hydrogens (tertiary/aromatic N) is 2. The molecule has 15 heavy (non-hydrogen) atoms. The van der Waals surface area contributed by atoms with Crippen molar-refractivity contribution >= 4 is 28.5 Å². The van der Waals surface area contributed by atoms with Gasteiger partial charge in [0.2, 0.25) is 4.96 Å². The molecule has 0 atom stereocenters. The molecule has 0 amide bonds. The minimum absolute atomic E-state index is 0.747. The average Bonchev–Trinajstić information content (AvgIpc) is 2.76. The molecule has 1 N–H and O–H groups in total. The number of nitrogens with one attached hydrogen (secondary N) is 1. The predicted molar refractivity (Wildman–Crippen MR) is 63.7 cm³/mol. The molecule has 3 rings (SSSR count). The Bertz CT molecular complexity index is 613. The molecule has 2 heterocycles. The molecule has 5 heteroatoms. The van der Waals surface area contributed by atoms with E-state index in [9.17, 15) is 0 Å². The van der Waals surface area contributed by atoms with Crippen LogP contribution in [0.3, 0.4) is 0 Å². The number of H-pyrrole nitrogens is 1. The molecule has 0 unspecified atom stereocenters. The van der Waals surface area contributed by atoms with Gasteiger partial charge < -0.3 is 0 Å². The van der Waals surface area contributed by atoms with Crippen molar-refractivity contribution in [1.29, 1.82) is 0 Å². The van der Waals surface area contributed by atoms with Crippen molar-refractivity contribution in [1.82, 2.24) is 14.6 Å². The fourth-order valence-electron chi connectivity index (χ4n) is 1.47. The standard InChI is InChI=1S/C10H7N3S2/c14-10-12-13-6-8(11-9(13)15-10)7-4-2-1-3-5-7/h1-6H,(H,12,14). The van der Waals surface area contributed by atoms with Gasteiger partial charge in [-0.2, -0.15) is 0 Å². The largest absolute Gasteiger partial charge is 0.273 e. The van der Waals surface area contributed by atoms with Gasteiger partial charge in [0.1, 0.15) is 0 Å². The van der Waals surface area contributed by atoms with E-state index in [1.807, 2.05) is 41.0 Å². The molecule has 1 aromatic carbocycles. The van der Waals surface area contributed by atoms with Crippen LogP contribution in [0.25, 0.3) is 16.2 Å². The van der Waals surface area contributed by atoms with Crippen LogP contribution in [0.15, 0.2) is 36.5 Å². The Balaban J connectivity index is 2.20. The number of fused-ring (bicyclic) bond motifs is 1. The molecule has 74 valence electrons. The summed E-state index contributed by atoms with van der Waals surface area (Å²) in [4.78, 5) is 5.39. The monoisotopic (exact) mass is 233 g/mol. The summed E-state index contributed by atoms with van der Waals surface area (Å²) in [5.41, 5.74) is 2.08. The molecule has 0 bridgehead atoms. The van der Waals surface area contributed by atoms with Gasteiger partial charge in [-0.3, -0.25) is 5.10 Å². The second-order valence-electron chi connectivity index (χ2n) is 3.15. The normalized spacial score (nSPS) is 10.9. The molecule has 3 nitrogen and oxygen atoms in total. The van der Waals surface area contributed by atoms with Crippen LogP contribution >= 0.6 is 23.6 Å². The highest BCUT2D eigenvalue weighted by atomic mass is 32.1. The highest BCUT2D eigenvalue weighted by Gasteiger charge is 2.04. The second-order valence-corrected chi connectivity index (χ2v) is 4.79.